The Bertz CT molecular complexity index is 685. The first-order chi connectivity index (χ1) is 16.1. The SMILES string of the molecule is CCCCC(C(=O)OCCCN1CCCC1)C1C=CCC1.O=C(O)CC(O)(CC(=O)O)C(=O)O. The van der Waals surface area contributed by atoms with Gasteiger partial charge in [0, 0.05) is 6.54 Å². The molecule has 1 saturated heterocycles. The summed E-state index contributed by atoms with van der Waals surface area (Å²) in [6, 6.07) is 0. The highest BCUT2D eigenvalue weighted by molar-refractivity contribution is 5.88. The van der Waals surface area contributed by atoms with E-state index in [0.29, 0.717) is 12.5 Å². The zero-order chi connectivity index (χ0) is 25.6. The molecule has 0 saturated carbocycles. The highest BCUT2D eigenvalue weighted by Crippen LogP contribution is 2.30. The maximum atomic E-state index is 12.4. The zero-order valence-electron chi connectivity index (χ0n) is 20.0. The monoisotopic (exact) mass is 485 g/mol. The summed E-state index contributed by atoms with van der Waals surface area (Å²) in [5, 5.41) is 33.8. The number of carbonyl (C=O) groups excluding carboxylic acids is 1. The first-order valence-corrected chi connectivity index (χ1v) is 12.0. The van der Waals surface area contributed by atoms with Crippen molar-refractivity contribution < 1.29 is 44.3 Å². The summed E-state index contributed by atoms with van der Waals surface area (Å²) in [5.74, 6) is -4.46. The number of unbranched alkanes of at least 4 members (excludes halogenated alkanes) is 1. The Hall–Kier alpha value is -2.46. The fourth-order valence-electron chi connectivity index (χ4n) is 4.21. The van der Waals surface area contributed by atoms with E-state index in [1.807, 2.05) is 0 Å². The van der Waals surface area contributed by atoms with Gasteiger partial charge >= 0.3 is 23.9 Å². The second kappa shape index (κ2) is 15.4. The van der Waals surface area contributed by atoms with Crippen molar-refractivity contribution in [3.05, 3.63) is 12.2 Å². The zero-order valence-corrected chi connectivity index (χ0v) is 20.0. The van der Waals surface area contributed by atoms with E-state index in [4.69, 9.17) is 25.2 Å². The van der Waals surface area contributed by atoms with Gasteiger partial charge in [0.15, 0.2) is 5.60 Å². The minimum absolute atomic E-state index is 0.0430. The molecule has 0 aromatic heterocycles. The van der Waals surface area contributed by atoms with Crippen LogP contribution in [0, 0.1) is 11.8 Å². The van der Waals surface area contributed by atoms with Crippen LogP contribution in [-0.4, -0.2) is 81.0 Å². The Morgan fingerprint density at radius 2 is 1.68 bits per heavy atom. The number of ether oxygens (including phenoxy) is 1. The molecule has 0 aromatic rings. The molecule has 10 heteroatoms. The lowest BCUT2D eigenvalue weighted by atomic mass is 9.87. The molecule has 0 bridgehead atoms. The van der Waals surface area contributed by atoms with E-state index in [2.05, 4.69) is 24.0 Å². The average Bonchev–Trinajstić information content (AvgIpc) is 3.45. The van der Waals surface area contributed by atoms with Crippen molar-refractivity contribution in [2.45, 2.75) is 76.7 Å². The molecule has 1 heterocycles. The second-order valence-electron chi connectivity index (χ2n) is 8.97. The van der Waals surface area contributed by atoms with Gasteiger partial charge in [-0.05, 0) is 57.5 Å². The van der Waals surface area contributed by atoms with Crippen LogP contribution in [0.2, 0.25) is 0 Å². The molecule has 0 spiro atoms. The first kappa shape index (κ1) is 29.6. The second-order valence-corrected chi connectivity index (χ2v) is 8.97. The summed E-state index contributed by atoms with van der Waals surface area (Å²) in [6.07, 6.45) is 11.3. The number of carbonyl (C=O) groups is 4. The van der Waals surface area contributed by atoms with Crippen LogP contribution < -0.4 is 0 Å². The number of hydrogen-bond donors (Lipinski definition) is 4. The molecule has 2 aliphatic rings. The third kappa shape index (κ3) is 11.1. The molecule has 0 aromatic carbocycles. The molecular weight excluding hydrogens is 446 g/mol. The van der Waals surface area contributed by atoms with E-state index in [-0.39, 0.29) is 11.9 Å². The summed E-state index contributed by atoms with van der Waals surface area (Å²) < 4.78 is 5.57. The number of esters is 1. The van der Waals surface area contributed by atoms with E-state index >= 15 is 0 Å². The fraction of sp³-hybridized carbons (Fsp3) is 0.750. The third-order valence-electron chi connectivity index (χ3n) is 6.09. The molecule has 34 heavy (non-hydrogen) atoms. The van der Waals surface area contributed by atoms with Crippen LogP contribution in [0.4, 0.5) is 0 Å². The molecule has 1 fully saturated rings. The Balaban J connectivity index is 0.000000385. The number of hydrogen-bond acceptors (Lipinski definition) is 7. The van der Waals surface area contributed by atoms with Crippen molar-refractivity contribution in [2.75, 3.05) is 26.2 Å². The average molecular weight is 486 g/mol. The predicted octanol–water partition coefficient (Wildman–Crippen LogP) is 2.54. The number of carboxylic acid groups (broad SMARTS) is 3. The molecule has 10 nitrogen and oxygen atoms in total. The largest absolute Gasteiger partial charge is 0.481 e. The molecule has 0 amide bonds. The number of aliphatic hydroxyl groups is 1. The lowest BCUT2D eigenvalue weighted by molar-refractivity contribution is -0.170. The van der Waals surface area contributed by atoms with Crippen molar-refractivity contribution in [1.29, 1.82) is 0 Å². The maximum absolute atomic E-state index is 12.4. The summed E-state index contributed by atoms with van der Waals surface area (Å²) >= 11 is 0. The number of aliphatic carboxylic acids is 3. The van der Waals surface area contributed by atoms with E-state index in [9.17, 15) is 19.2 Å². The number of rotatable bonds is 14. The van der Waals surface area contributed by atoms with E-state index in [1.165, 1.54) is 25.9 Å². The molecule has 2 rings (SSSR count). The minimum Gasteiger partial charge on any atom is -0.481 e. The molecule has 2 atom stereocenters. The fourth-order valence-corrected chi connectivity index (χ4v) is 4.21. The van der Waals surface area contributed by atoms with Crippen molar-refractivity contribution >= 4 is 23.9 Å². The topological polar surface area (TPSA) is 162 Å². The van der Waals surface area contributed by atoms with Crippen LogP contribution >= 0.6 is 0 Å². The van der Waals surface area contributed by atoms with Gasteiger partial charge in [0.25, 0.3) is 0 Å². The molecule has 1 aliphatic heterocycles. The lowest BCUT2D eigenvalue weighted by Crippen LogP contribution is -2.42. The quantitative estimate of drug-likeness (QED) is 0.163. The van der Waals surface area contributed by atoms with Crippen LogP contribution in [0.15, 0.2) is 12.2 Å². The molecule has 4 N–H and O–H groups in total. The van der Waals surface area contributed by atoms with Gasteiger partial charge in [-0.2, -0.15) is 0 Å². The van der Waals surface area contributed by atoms with Crippen LogP contribution in [0.1, 0.15) is 71.1 Å². The van der Waals surface area contributed by atoms with E-state index in [1.54, 1.807) is 0 Å². The van der Waals surface area contributed by atoms with Gasteiger partial charge in [-0.25, -0.2) is 4.79 Å². The maximum Gasteiger partial charge on any atom is 0.336 e. The molecule has 2 unspecified atom stereocenters. The normalized spacial score (nSPS) is 18.7. The standard InChI is InChI=1S/C18H31NO2.C6H8O7/c1-2-3-11-17(16-9-4-5-10-16)18(20)21-15-8-14-19-12-6-7-13-19;7-3(8)1-6(13,5(11)12)2-4(9)10/h4,9,16-17H,2-3,5-8,10-15H2,1H3;13H,1-2H2,(H,7,8)(H,9,10)(H,11,12). The highest BCUT2D eigenvalue weighted by Gasteiger charge is 2.40. The smallest absolute Gasteiger partial charge is 0.336 e. The van der Waals surface area contributed by atoms with Gasteiger partial charge in [-0.15, -0.1) is 0 Å². The van der Waals surface area contributed by atoms with Crippen LogP contribution in [0.3, 0.4) is 0 Å². The van der Waals surface area contributed by atoms with Crippen LogP contribution in [-0.2, 0) is 23.9 Å². The lowest BCUT2D eigenvalue weighted by Gasteiger charge is -2.21. The molecule has 1 aliphatic carbocycles. The molecule has 0 radical (unpaired) electrons. The van der Waals surface area contributed by atoms with Gasteiger partial charge < -0.3 is 30.1 Å². The van der Waals surface area contributed by atoms with Crippen LogP contribution in [0.25, 0.3) is 0 Å². The third-order valence-corrected chi connectivity index (χ3v) is 6.09. The van der Waals surface area contributed by atoms with Gasteiger partial charge in [0.2, 0.25) is 0 Å². The summed E-state index contributed by atoms with van der Waals surface area (Å²) in [5.41, 5.74) is -2.74. The molecule has 194 valence electrons. The van der Waals surface area contributed by atoms with Gasteiger partial charge in [-0.1, -0.05) is 31.9 Å². The van der Waals surface area contributed by atoms with Gasteiger partial charge in [0.1, 0.15) is 0 Å². The van der Waals surface area contributed by atoms with Crippen LogP contribution in [0.5, 0.6) is 0 Å². The van der Waals surface area contributed by atoms with E-state index in [0.717, 1.165) is 45.1 Å². The Morgan fingerprint density at radius 3 is 2.15 bits per heavy atom. The summed E-state index contributed by atoms with van der Waals surface area (Å²) in [7, 11) is 0. The minimum atomic E-state index is -2.74. The van der Waals surface area contributed by atoms with Crippen molar-refractivity contribution in [2.24, 2.45) is 11.8 Å². The Labute approximate surface area is 200 Å². The summed E-state index contributed by atoms with van der Waals surface area (Å²) in [4.78, 5) is 45.3. The van der Waals surface area contributed by atoms with Gasteiger partial charge in [-0.3, -0.25) is 14.4 Å². The number of likely N-dealkylation sites (tertiary alicyclic amines) is 1. The highest BCUT2D eigenvalue weighted by atomic mass is 16.5. The van der Waals surface area contributed by atoms with Crippen molar-refractivity contribution in [1.82, 2.24) is 4.90 Å². The van der Waals surface area contributed by atoms with E-state index < -0.39 is 36.4 Å². The van der Waals surface area contributed by atoms with Crippen molar-refractivity contribution in [3.8, 4) is 0 Å². The van der Waals surface area contributed by atoms with Gasteiger partial charge in [0.05, 0.1) is 25.4 Å². The molecular formula is C24H39NO9. The predicted molar refractivity (Wildman–Crippen MR) is 123 cm³/mol. The summed E-state index contributed by atoms with van der Waals surface area (Å²) in [6.45, 7) is 6.30. The number of nitrogens with zero attached hydrogens (tertiary/aromatic N) is 1. The number of carboxylic acids is 3. The number of allylic oxidation sites excluding steroid dienone is 2. The Morgan fingerprint density at radius 1 is 1.06 bits per heavy atom. The first-order valence-electron chi connectivity index (χ1n) is 12.0. The Kier molecular flexibility index (Phi) is 13.4. The van der Waals surface area contributed by atoms with Crippen molar-refractivity contribution in [3.63, 3.8) is 0 Å².